The summed E-state index contributed by atoms with van der Waals surface area (Å²) >= 11 is 2.98. The highest BCUT2D eigenvalue weighted by Gasteiger charge is 2.36. The van der Waals surface area contributed by atoms with Crippen LogP contribution in [0, 0.1) is 5.82 Å². The predicted molar refractivity (Wildman–Crippen MR) is 69.6 cm³/mol. The topological polar surface area (TPSA) is 42.2 Å². The summed E-state index contributed by atoms with van der Waals surface area (Å²) in [6.45, 7) is -0.00472. The molecule has 0 aliphatic carbocycles. The number of benzene rings is 1. The zero-order valence-corrected chi connectivity index (χ0v) is 11.9. The Balaban J connectivity index is 2.37. The van der Waals surface area contributed by atoms with Crippen LogP contribution >= 0.6 is 15.9 Å². The van der Waals surface area contributed by atoms with Gasteiger partial charge in [-0.3, -0.25) is 0 Å². The smallest absolute Gasteiger partial charge is 0.418 e. The van der Waals surface area contributed by atoms with Crippen molar-refractivity contribution in [3.63, 3.8) is 0 Å². The molecule has 0 unspecified atom stereocenters. The molecule has 0 aliphatic heterocycles. The maximum atomic E-state index is 13.1. The van der Waals surface area contributed by atoms with Gasteiger partial charge in [-0.25, -0.2) is 9.18 Å². The standard InChI is InChI=1S/C13H8BrF4NO2/c14-10-3-7(1-2-11(10)15)4-19-5-8(12(20)21)9(6-19)13(16,17)18/h1-3,5-6H,4H2,(H,20,21). The van der Waals surface area contributed by atoms with Crippen LogP contribution in [-0.4, -0.2) is 15.6 Å². The minimum Gasteiger partial charge on any atom is -0.478 e. The lowest BCUT2D eigenvalue weighted by atomic mass is 10.2. The molecular weight excluding hydrogens is 358 g/mol. The van der Waals surface area contributed by atoms with Crippen molar-refractivity contribution in [3.8, 4) is 0 Å². The van der Waals surface area contributed by atoms with E-state index in [0.717, 1.165) is 17.0 Å². The van der Waals surface area contributed by atoms with Crippen LogP contribution in [-0.2, 0) is 12.7 Å². The largest absolute Gasteiger partial charge is 0.478 e. The highest BCUT2D eigenvalue weighted by atomic mass is 79.9. The van der Waals surface area contributed by atoms with Crippen molar-refractivity contribution in [1.82, 2.24) is 4.57 Å². The molecule has 2 rings (SSSR count). The molecule has 0 saturated heterocycles. The SMILES string of the molecule is O=C(O)c1cn(Cc2ccc(F)c(Br)c2)cc1C(F)(F)F. The molecule has 2 aromatic rings. The number of nitrogens with zero attached hydrogens (tertiary/aromatic N) is 1. The summed E-state index contributed by atoms with van der Waals surface area (Å²) < 4.78 is 52.6. The summed E-state index contributed by atoms with van der Waals surface area (Å²) in [5.41, 5.74) is -1.50. The summed E-state index contributed by atoms with van der Waals surface area (Å²) in [4.78, 5) is 10.9. The number of halogens is 5. The van der Waals surface area contributed by atoms with Crippen molar-refractivity contribution in [3.05, 3.63) is 57.6 Å². The molecule has 21 heavy (non-hydrogen) atoms. The first-order valence-corrected chi connectivity index (χ1v) is 6.42. The molecule has 1 aromatic heterocycles. The fraction of sp³-hybridized carbons (Fsp3) is 0.154. The van der Waals surface area contributed by atoms with Gasteiger partial charge in [0.05, 0.1) is 15.6 Å². The van der Waals surface area contributed by atoms with Crippen molar-refractivity contribution in [2.45, 2.75) is 12.7 Å². The first kappa shape index (κ1) is 15.6. The number of hydrogen-bond donors (Lipinski definition) is 1. The lowest BCUT2D eigenvalue weighted by Crippen LogP contribution is -2.09. The third kappa shape index (κ3) is 3.44. The average molecular weight is 366 g/mol. The lowest BCUT2D eigenvalue weighted by Gasteiger charge is -2.05. The van der Waals surface area contributed by atoms with Gasteiger partial charge in [-0.1, -0.05) is 6.07 Å². The first-order valence-electron chi connectivity index (χ1n) is 5.62. The fourth-order valence-electron chi connectivity index (χ4n) is 1.84. The highest BCUT2D eigenvalue weighted by Crippen LogP contribution is 2.33. The van der Waals surface area contributed by atoms with E-state index >= 15 is 0 Å². The third-order valence-corrected chi connectivity index (χ3v) is 3.37. The maximum absolute atomic E-state index is 13.1. The molecule has 0 spiro atoms. The van der Waals surface area contributed by atoms with Crippen LogP contribution in [0.1, 0.15) is 21.5 Å². The minimum atomic E-state index is -4.75. The van der Waals surface area contributed by atoms with Crippen molar-refractivity contribution >= 4 is 21.9 Å². The molecule has 0 fully saturated rings. The Hall–Kier alpha value is -1.83. The number of carbonyl (C=O) groups is 1. The van der Waals surface area contributed by atoms with Gasteiger partial charge in [-0.05, 0) is 33.6 Å². The van der Waals surface area contributed by atoms with Crippen LogP contribution in [0.5, 0.6) is 0 Å². The normalized spacial score (nSPS) is 11.7. The Morgan fingerprint density at radius 2 is 1.95 bits per heavy atom. The molecule has 1 heterocycles. The second kappa shape index (κ2) is 5.51. The maximum Gasteiger partial charge on any atom is 0.418 e. The van der Waals surface area contributed by atoms with Crippen LogP contribution in [0.15, 0.2) is 35.1 Å². The molecule has 0 radical (unpaired) electrons. The Labute approximate surface area is 124 Å². The fourth-order valence-corrected chi connectivity index (χ4v) is 2.27. The van der Waals surface area contributed by atoms with Crippen molar-refractivity contribution < 1.29 is 27.5 Å². The molecular formula is C13H8BrF4NO2. The highest BCUT2D eigenvalue weighted by molar-refractivity contribution is 9.10. The summed E-state index contributed by atoms with van der Waals surface area (Å²) in [5, 5.41) is 8.82. The average Bonchev–Trinajstić information content (AvgIpc) is 2.78. The van der Waals surface area contributed by atoms with Gasteiger partial charge >= 0.3 is 12.1 Å². The van der Waals surface area contributed by atoms with Gasteiger partial charge in [0, 0.05) is 18.9 Å². The Morgan fingerprint density at radius 3 is 2.43 bits per heavy atom. The Bertz CT molecular complexity index is 694. The van der Waals surface area contributed by atoms with Crippen LogP contribution < -0.4 is 0 Å². The van der Waals surface area contributed by atoms with E-state index in [2.05, 4.69) is 15.9 Å². The number of aromatic carboxylic acids is 1. The van der Waals surface area contributed by atoms with Crippen LogP contribution in [0.25, 0.3) is 0 Å². The minimum absolute atomic E-state index is 0.00472. The molecule has 112 valence electrons. The first-order chi connectivity index (χ1) is 9.68. The van der Waals surface area contributed by atoms with Crippen molar-refractivity contribution in [1.29, 1.82) is 0 Å². The molecule has 0 aliphatic rings. The van der Waals surface area contributed by atoms with Gasteiger partial charge in [0.2, 0.25) is 0 Å². The zero-order chi connectivity index (χ0) is 15.8. The van der Waals surface area contributed by atoms with E-state index in [1.807, 2.05) is 0 Å². The molecule has 3 nitrogen and oxygen atoms in total. The van der Waals surface area contributed by atoms with E-state index in [9.17, 15) is 22.4 Å². The van der Waals surface area contributed by atoms with E-state index in [0.29, 0.717) is 5.56 Å². The number of carboxylic acid groups (broad SMARTS) is 1. The zero-order valence-electron chi connectivity index (χ0n) is 10.3. The van der Waals surface area contributed by atoms with Gasteiger partial charge in [0.15, 0.2) is 0 Å². The second-order valence-electron chi connectivity index (χ2n) is 4.31. The van der Waals surface area contributed by atoms with Gasteiger partial charge in [0.25, 0.3) is 0 Å². The third-order valence-electron chi connectivity index (χ3n) is 2.76. The molecule has 1 aromatic carbocycles. The van der Waals surface area contributed by atoms with Gasteiger partial charge in [-0.15, -0.1) is 0 Å². The van der Waals surface area contributed by atoms with E-state index in [-0.39, 0.29) is 11.0 Å². The van der Waals surface area contributed by atoms with Gasteiger partial charge in [0.1, 0.15) is 5.82 Å². The van der Waals surface area contributed by atoms with Crippen LogP contribution in [0.4, 0.5) is 17.6 Å². The number of rotatable bonds is 3. The molecule has 0 bridgehead atoms. The van der Waals surface area contributed by atoms with Gasteiger partial charge < -0.3 is 9.67 Å². The molecule has 8 heteroatoms. The van der Waals surface area contributed by atoms with E-state index < -0.39 is 29.1 Å². The molecule has 0 atom stereocenters. The number of alkyl halides is 3. The van der Waals surface area contributed by atoms with Crippen LogP contribution in [0.2, 0.25) is 0 Å². The van der Waals surface area contributed by atoms with Crippen molar-refractivity contribution in [2.24, 2.45) is 0 Å². The van der Waals surface area contributed by atoms with Crippen molar-refractivity contribution in [2.75, 3.05) is 0 Å². The monoisotopic (exact) mass is 365 g/mol. The summed E-state index contributed by atoms with van der Waals surface area (Å²) in [6, 6.07) is 4.00. The number of hydrogen-bond acceptors (Lipinski definition) is 1. The summed E-state index contributed by atoms with van der Waals surface area (Å²) in [6.07, 6.45) is -3.12. The van der Waals surface area contributed by atoms with E-state index in [1.54, 1.807) is 0 Å². The summed E-state index contributed by atoms with van der Waals surface area (Å²) in [5.74, 6) is -2.14. The Kier molecular flexibility index (Phi) is 4.08. The quantitative estimate of drug-likeness (QED) is 0.830. The molecule has 1 N–H and O–H groups in total. The van der Waals surface area contributed by atoms with E-state index in [1.165, 1.54) is 18.2 Å². The Morgan fingerprint density at radius 1 is 1.29 bits per heavy atom. The molecule has 0 saturated carbocycles. The molecule has 0 amide bonds. The predicted octanol–water partition coefficient (Wildman–Crippen LogP) is 4.16. The number of carboxylic acids is 1. The lowest BCUT2D eigenvalue weighted by molar-refractivity contribution is -0.138. The second-order valence-corrected chi connectivity index (χ2v) is 5.16. The van der Waals surface area contributed by atoms with Crippen LogP contribution in [0.3, 0.4) is 0 Å². The van der Waals surface area contributed by atoms with Gasteiger partial charge in [-0.2, -0.15) is 13.2 Å². The summed E-state index contributed by atoms with van der Waals surface area (Å²) in [7, 11) is 0. The van der Waals surface area contributed by atoms with E-state index in [4.69, 9.17) is 5.11 Å². The number of aromatic nitrogens is 1.